The lowest BCUT2D eigenvalue weighted by molar-refractivity contribution is -0.133. The summed E-state index contributed by atoms with van der Waals surface area (Å²) < 4.78 is 5.33. The Morgan fingerprint density at radius 2 is 2.02 bits per heavy atom. The van der Waals surface area contributed by atoms with Crippen molar-refractivity contribution in [2.45, 2.75) is 64.0 Å². The molecule has 1 aromatic heterocycles. The van der Waals surface area contributed by atoms with E-state index in [2.05, 4.69) is 32.2 Å². The van der Waals surface area contributed by atoms with Gasteiger partial charge in [-0.1, -0.05) is 35.4 Å². The molecule has 214 valence electrons. The highest BCUT2D eigenvalue weighted by Crippen LogP contribution is 2.38. The summed E-state index contributed by atoms with van der Waals surface area (Å²) in [7, 11) is 1.60. The molecule has 5 rings (SSSR count). The molecule has 0 radical (unpaired) electrons. The lowest BCUT2D eigenvalue weighted by Gasteiger charge is -2.35. The summed E-state index contributed by atoms with van der Waals surface area (Å²) in [5, 5.41) is 4.03. The van der Waals surface area contributed by atoms with Gasteiger partial charge in [0.15, 0.2) is 0 Å². The molecule has 1 amide bonds. The highest BCUT2D eigenvalue weighted by Gasteiger charge is 2.45. The molecule has 1 atom stereocenters. The maximum Gasteiger partial charge on any atom is 0.228 e. The van der Waals surface area contributed by atoms with E-state index in [4.69, 9.17) is 16.3 Å². The Labute approximate surface area is 242 Å². The average molecular weight is 565 g/mol. The van der Waals surface area contributed by atoms with Gasteiger partial charge in [-0.05, 0) is 80.3 Å². The van der Waals surface area contributed by atoms with Crippen molar-refractivity contribution in [3.05, 3.63) is 58.8 Å². The summed E-state index contributed by atoms with van der Waals surface area (Å²) >= 11 is 6.71. The number of nitrogens with zero attached hydrogens (tertiary/aromatic N) is 3. The quantitative estimate of drug-likeness (QED) is 0.313. The highest BCUT2D eigenvalue weighted by atomic mass is 35.5. The molecule has 40 heavy (non-hydrogen) atoms. The number of methoxy groups -OCH3 is 1. The fourth-order valence-electron chi connectivity index (χ4n) is 6.51. The van der Waals surface area contributed by atoms with Crippen molar-refractivity contribution in [1.29, 1.82) is 0 Å². The SMILES string of the molecule is COc1cc(-c2cccc(Cl)c2CN2CC[C@](CC=O)(C(=O)NC3CCN(CC4=CCCCC4)CC3)C2)ccn1. The third kappa shape index (κ3) is 6.76. The van der Waals surface area contributed by atoms with Crippen LogP contribution in [0.15, 0.2) is 48.2 Å². The minimum Gasteiger partial charge on any atom is -0.481 e. The van der Waals surface area contributed by atoms with Crippen molar-refractivity contribution in [2.24, 2.45) is 5.41 Å². The second-order valence-electron chi connectivity index (χ2n) is 11.6. The number of carbonyl (C=O) groups excluding carboxylic acids is 2. The van der Waals surface area contributed by atoms with Gasteiger partial charge in [0.25, 0.3) is 0 Å². The summed E-state index contributed by atoms with van der Waals surface area (Å²) in [5.41, 5.74) is 3.87. The minimum absolute atomic E-state index is 0.0220. The van der Waals surface area contributed by atoms with E-state index in [0.29, 0.717) is 30.4 Å². The van der Waals surface area contributed by atoms with E-state index in [0.717, 1.165) is 62.0 Å². The van der Waals surface area contributed by atoms with Crippen LogP contribution in [0.1, 0.15) is 56.9 Å². The number of aldehydes is 1. The number of hydrogen-bond acceptors (Lipinski definition) is 6. The zero-order valence-corrected chi connectivity index (χ0v) is 24.3. The second kappa shape index (κ2) is 13.3. The van der Waals surface area contributed by atoms with Crippen molar-refractivity contribution in [1.82, 2.24) is 20.1 Å². The number of halogens is 1. The average Bonchev–Trinajstić information content (AvgIpc) is 3.39. The highest BCUT2D eigenvalue weighted by molar-refractivity contribution is 6.31. The number of aromatic nitrogens is 1. The number of nitrogens with one attached hydrogen (secondary N) is 1. The number of piperidine rings is 1. The lowest BCUT2D eigenvalue weighted by atomic mass is 9.82. The van der Waals surface area contributed by atoms with Crippen LogP contribution in [0.5, 0.6) is 5.88 Å². The zero-order valence-electron chi connectivity index (χ0n) is 23.5. The summed E-state index contributed by atoms with van der Waals surface area (Å²) in [6.45, 7) is 4.95. The Morgan fingerprint density at radius 3 is 2.77 bits per heavy atom. The Hall–Kier alpha value is -2.74. The third-order valence-corrected chi connectivity index (χ3v) is 9.23. The maximum atomic E-state index is 13.7. The molecule has 7 nitrogen and oxygen atoms in total. The molecule has 8 heteroatoms. The van der Waals surface area contributed by atoms with E-state index >= 15 is 0 Å². The number of ether oxygens (including phenoxy) is 1. The van der Waals surface area contributed by atoms with Crippen molar-refractivity contribution in [3.8, 4) is 17.0 Å². The Balaban J connectivity index is 1.22. The van der Waals surface area contributed by atoms with E-state index < -0.39 is 5.41 Å². The van der Waals surface area contributed by atoms with Crippen molar-refractivity contribution in [2.75, 3.05) is 39.8 Å². The molecule has 0 unspecified atom stereocenters. The van der Waals surface area contributed by atoms with E-state index in [1.165, 1.54) is 25.7 Å². The maximum absolute atomic E-state index is 13.7. The van der Waals surface area contributed by atoms with Gasteiger partial charge in [-0.3, -0.25) is 14.6 Å². The molecule has 1 aromatic carbocycles. The van der Waals surface area contributed by atoms with Crippen LogP contribution in [0.4, 0.5) is 0 Å². The van der Waals surface area contributed by atoms with E-state index in [-0.39, 0.29) is 18.4 Å². The summed E-state index contributed by atoms with van der Waals surface area (Å²) in [6, 6.07) is 9.91. The second-order valence-corrected chi connectivity index (χ2v) is 12.0. The molecule has 2 aliphatic heterocycles. The van der Waals surface area contributed by atoms with Crippen LogP contribution >= 0.6 is 11.6 Å². The number of hydrogen-bond donors (Lipinski definition) is 1. The van der Waals surface area contributed by atoms with Crippen LogP contribution in [0.25, 0.3) is 11.1 Å². The van der Waals surface area contributed by atoms with Gasteiger partial charge in [0.05, 0.1) is 12.5 Å². The summed E-state index contributed by atoms with van der Waals surface area (Å²) in [4.78, 5) is 34.5. The van der Waals surface area contributed by atoms with Gasteiger partial charge in [0.2, 0.25) is 11.8 Å². The van der Waals surface area contributed by atoms with Crippen LogP contribution in [-0.2, 0) is 16.1 Å². The molecule has 2 aromatic rings. The van der Waals surface area contributed by atoms with Crippen LogP contribution < -0.4 is 10.1 Å². The Kier molecular flexibility index (Phi) is 9.56. The lowest BCUT2D eigenvalue weighted by Crippen LogP contribution is -2.51. The van der Waals surface area contributed by atoms with Crippen LogP contribution in [-0.4, -0.2) is 72.9 Å². The largest absolute Gasteiger partial charge is 0.481 e. The predicted octanol–water partition coefficient (Wildman–Crippen LogP) is 5.27. The van der Waals surface area contributed by atoms with E-state index in [1.54, 1.807) is 18.9 Å². The van der Waals surface area contributed by atoms with Crippen molar-refractivity contribution < 1.29 is 14.3 Å². The first-order valence-corrected chi connectivity index (χ1v) is 15.0. The number of benzene rings is 1. The summed E-state index contributed by atoms with van der Waals surface area (Å²) in [6.07, 6.45) is 12.9. The number of likely N-dealkylation sites (tertiary alicyclic amines) is 2. The van der Waals surface area contributed by atoms with Gasteiger partial charge in [-0.25, -0.2) is 4.98 Å². The monoisotopic (exact) mass is 564 g/mol. The Bertz CT molecular complexity index is 1230. The molecule has 3 heterocycles. The first-order valence-electron chi connectivity index (χ1n) is 14.6. The number of allylic oxidation sites excluding steroid dienone is 1. The minimum atomic E-state index is -0.701. The van der Waals surface area contributed by atoms with Gasteiger partial charge in [0.1, 0.15) is 6.29 Å². The van der Waals surface area contributed by atoms with E-state index in [9.17, 15) is 9.59 Å². The predicted molar refractivity (Wildman–Crippen MR) is 158 cm³/mol. The molecule has 0 saturated carbocycles. The number of rotatable bonds is 10. The molecular formula is C32H41ClN4O3. The van der Waals surface area contributed by atoms with Crippen LogP contribution in [0.3, 0.4) is 0 Å². The van der Waals surface area contributed by atoms with Gasteiger partial charge in [-0.15, -0.1) is 0 Å². The third-order valence-electron chi connectivity index (χ3n) is 8.88. The number of pyridine rings is 1. The molecule has 3 aliphatic rings. The summed E-state index contributed by atoms with van der Waals surface area (Å²) in [5.74, 6) is 0.567. The smallest absolute Gasteiger partial charge is 0.228 e. The molecule has 1 N–H and O–H groups in total. The number of carbonyl (C=O) groups is 2. The molecule has 2 saturated heterocycles. The number of amides is 1. The zero-order chi connectivity index (χ0) is 28.0. The first kappa shape index (κ1) is 28.8. The molecular weight excluding hydrogens is 524 g/mol. The van der Waals surface area contributed by atoms with Gasteiger partial charge in [0, 0.05) is 62.5 Å². The fourth-order valence-corrected chi connectivity index (χ4v) is 6.74. The Morgan fingerprint density at radius 1 is 1.18 bits per heavy atom. The van der Waals surface area contributed by atoms with Gasteiger partial charge in [-0.2, -0.15) is 0 Å². The molecule has 0 bridgehead atoms. The van der Waals surface area contributed by atoms with E-state index in [1.807, 2.05) is 24.3 Å². The van der Waals surface area contributed by atoms with Gasteiger partial charge < -0.3 is 14.8 Å². The topological polar surface area (TPSA) is 74.8 Å². The normalized spacial score (nSPS) is 22.6. The fraction of sp³-hybridized carbons (Fsp3) is 0.531. The van der Waals surface area contributed by atoms with Crippen molar-refractivity contribution in [3.63, 3.8) is 0 Å². The van der Waals surface area contributed by atoms with Gasteiger partial charge >= 0.3 is 0 Å². The standard InChI is InChI=1S/C32H41ClN4O3/c1-40-30-20-25(10-15-34-30)27-8-5-9-29(33)28(27)22-37-18-13-32(23-37,14-19-38)31(39)35-26-11-16-36(17-12-26)21-24-6-3-2-4-7-24/h5-6,8-10,15,19-20,26H,2-4,7,11-14,16-18,21-23H2,1H3,(H,35,39)/t32-/m1/s1. The van der Waals surface area contributed by atoms with Crippen LogP contribution in [0, 0.1) is 5.41 Å². The molecule has 2 fully saturated rings. The molecule has 0 spiro atoms. The first-order chi connectivity index (χ1) is 19.5. The van der Waals surface area contributed by atoms with Crippen molar-refractivity contribution >= 4 is 23.8 Å². The van der Waals surface area contributed by atoms with Crippen LogP contribution in [0.2, 0.25) is 5.02 Å². The molecule has 1 aliphatic carbocycles.